The third-order valence-electron chi connectivity index (χ3n) is 6.52. The Morgan fingerprint density at radius 3 is 1.60 bits per heavy atom. The van der Waals surface area contributed by atoms with E-state index in [1.54, 1.807) is 7.11 Å². The van der Waals surface area contributed by atoms with Crippen LogP contribution in [0.5, 0.6) is 0 Å². The van der Waals surface area contributed by atoms with E-state index in [0.717, 1.165) is 41.5 Å². The molecule has 0 aromatic heterocycles. The molecule has 184 valence electrons. The van der Waals surface area contributed by atoms with Crippen LogP contribution >= 0.6 is 0 Å². The summed E-state index contributed by atoms with van der Waals surface area (Å²) in [7, 11) is 1.76. The van der Waals surface area contributed by atoms with Gasteiger partial charge in [-0.1, -0.05) is 97.6 Å². The molecule has 1 aliphatic carbocycles. The highest BCUT2D eigenvalue weighted by molar-refractivity contribution is 5.17. The highest BCUT2D eigenvalue weighted by atomic mass is 16.6. The van der Waals surface area contributed by atoms with Crippen LogP contribution in [0.1, 0.15) is 36.0 Å². The molecule has 0 amide bonds. The van der Waals surface area contributed by atoms with Crippen molar-refractivity contribution in [3.8, 4) is 0 Å². The fourth-order valence-corrected chi connectivity index (χ4v) is 4.60. The second-order valence-electron chi connectivity index (χ2n) is 9.06. The van der Waals surface area contributed by atoms with Crippen molar-refractivity contribution in [1.82, 2.24) is 0 Å². The van der Waals surface area contributed by atoms with Crippen LogP contribution in [0.2, 0.25) is 0 Å². The Kier molecular flexibility index (Phi) is 9.67. The zero-order chi connectivity index (χ0) is 24.3. The Hall–Kier alpha value is -2.76. The summed E-state index contributed by atoms with van der Waals surface area (Å²) in [5.41, 5.74) is 4.39. The minimum absolute atomic E-state index is 0.101. The normalized spacial score (nSPS) is 22.9. The highest BCUT2D eigenvalue weighted by Crippen LogP contribution is 2.31. The monoisotopic (exact) mass is 472 g/mol. The maximum Gasteiger partial charge on any atom is 0.117 e. The second kappa shape index (κ2) is 13.4. The first kappa shape index (κ1) is 25.3. The number of benzene rings is 3. The van der Waals surface area contributed by atoms with Gasteiger partial charge in [0, 0.05) is 7.11 Å². The molecule has 4 rings (SSSR count). The molecule has 1 fully saturated rings. The first-order valence-electron chi connectivity index (χ1n) is 12.4. The largest absolute Gasteiger partial charge is 0.379 e. The molecular formula is C31H36O4. The second-order valence-corrected chi connectivity index (χ2v) is 9.06. The number of hydrogen-bond acceptors (Lipinski definition) is 4. The van der Waals surface area contributed by atoms with Gasteiger partial charge in [0.05, 0.1) is 25.9 Å². The number of ether oxygens (including phenoxy) is 4. The lowest BCUT2D eigenvalue weighted by molar-refractivity contribution is -0.181. The molecule has 0 spiro atoms. The van der Waals surface area contributed by atoms with E-state index < -0.39 is 0 Å². The lowest BCUT2D eigenvalue weighted by Crippen LogP contribution is -2.50. The molecule has 1 aliphatic rings. The molecule has 4 atom stereocenters. The van der Waals surface area contributed by atoms with Crippen molar-refractivity contribution in [3.05, 3.63) is 120 Å². The smallest absolute Gasteiger partial charge is 0.117 e. The quantitative estimate of drug-likeness (QED) is 0.316. The summed E-state index contributed by atoms with van der Waals surface area (Å²) in [6.45, 7) is 5.85. The molecule has 0 aliphatic heterocycles. The minimum atomic E-state index is -0.361. The van der Waals surface area contributed by atoms with E-state index in [0.29, 0.717) is 19.8 Å². The van der Waals surface area contributed by atoms with E-state index in [4.69, 9.17) is 18.9 Å². The molecule has 3 aromatic carbocycles. The van der Waals surface area contributed by atoms with Gasteiger partial charge in [-0.15, -0.1) is 0 Å². The van der Waals surface area contributed by atoms with E-state index in [2.05, 4.69) is 43.0 Å². The van der Waals surface area contributed by atoms with Crippen molar-refractivity contribution in [3.63, 3.8) is 0 Å². The average molecular weight is 473 g/mol. The molecule has 0 unspecified atom stereocenters. The van der Waals surface area contributed by atoms with Crippen LogP contribution in [0.3, 0.4) is 0 Å². The van der Waals surface area contributed by atoms with Crippen LogP contribution in [0.4, 0.5) is 0 Å². The summed E-state index contributed by atoms with van der Waals surface area (Å²) in [6.07, 6.45) is 1.65. The first-order valence-corrected chi connectivity index (χ1v) is 12.4. The van der Waals surface area contributed by atoms with E-state index in [1.807, 2.05) is 54.6 Å². The van der Waals surface area contributed by atoms with E-state index in [-0.39, 0.29) is 24.4 Å². The van der Waals surface area contributed by atoms with Crippen molar-refractivity contribution in [2.24, 2.45) is 0 Å². The van der Waals surface area contributed by atoms with Crippen molar-refractivity contribution in [1.29, 1.82) is 0 Å². The molecular weight excluding hydrogens is 436 g/mol. The van der Waals surface area contributed by atoms with Crippen LogP contribution in [0.15, 0.2) is 103 Å². The van der Waals surface area contributed by atoms with Crippen LogP contribution in [0, 0.1) is 0 Å². The molecule has 0 radical (unpaired) electrons. The summed E-state index contributed by atoms with van der Waals surface area (Å²) in [5, 5.41) is 0. The van der Waals surface area contributed by atoms with Gasteiger partial charge in [0.1, 0.15) is 18.3 Å². The van der Waals surface area contributed by atoms with Crippen LogP contribution in [-0.4, -0.2) is 31.5 Å². The predicted octanol–water partition coefficient (Wildman–Crippen LogP) is 6.50. The van der Waals surface area contributed by atoms with Gasteiger partial charge in [0.25, 0.3) is 0 Å². The van der Waals surface area contributed by atoms with Gasteiger partial charge in [0.15, 0.2) is 0 Å². The van der Waals surface area contributed by atoms with Gasteiger partial charge in [-0.3, -0.25) is 0 Å². The molecule has 3 aromatic rings. The molecule has 4 nitrogen and oxygen atoms in total. The maximum atomic E-state index is 6.62. The van der Waals surface area contributed by atoms with Crippen molar-refractivity contribution >= 4 is 0 Å². The summed E-state index contributed by atoms with van der Waals surface area (Å²) in [6, 6.07) is 30.7. The Balaban J connectivity index is 1.60. The standard InChI is InChI=1S/C31H36O4/c1-24-13-12-20-28(32-2)30(34-22-26-16-8-4-9-17-26)31(35-23-27-18-10-5-11-19-27)29(24)33-21-25-14-6-3-7-15-25/h3-11,14-19,28-31H,1,12-13,20-23H2,2H3/t28-,29-,30+,31+/m0/s1. The van der Waals surface area contributed by atoms with Gasteiger partial charge in [-0.25, -0.2) is 0 Å². The van der Waals surface area contributed by atoms with Crippen LogP contribution in [-0.2, 0) is 38.8 Å². The van der Waals surface area contributed by atoms with Crippen LogP contribution in [0.25, 0.3) is 0 Å². The number of hydrogen-bond donors (Lipinski definition) is 0. The predicted molar refractivity (Wildman–Crippen MR) is 139 cm³/mol. The maximum absolute atomic E-state index is 6.62. The Morgan fingerprint density at radius 2 is 1.11 bits per heavy atom. The average Bonchev–Trinajstić information content (AvgIpc) is 2.91. The van der Waals surface area contributed by atoms with E-state index in [1.165, 1.54) is 0 Å². The zero-order valence-corrected chi connectivity index (χ0v) is 20.6. The molecule has 0 saturated heterocycles. The fraction of sp³-hybridized carbons (Fsp3) is 0.355. The summed E-state index contributed by atoms with van der Waals surface area (Å²) in [4.78, 5) is 0. The molecule has 0 N–H and O–H groups in total. The van der Waals surface area contributed by atoms with E-state index in [9.17, 15) is 0 Å². The summed E-state index contributed by atoms with van der Waals surface area (Å²) >= 11 is 0. The van der Waals surface area contributed by atoms with Gasteiger partial charge in [-0.2, -0.15) is 0 Å². The SMILES string of the molecule is C=C1CCC[C@H](OC)[C@@H](OCc2ccccc2)[C@H](OCc2ccccc2)[C@H]1OCc1ccccc1. The van der Waals surface area contributed by atoms with E-state index >= 15 is 0 Å². The minimum Gasteiger partial charge on any atom is -0.379 e. The van der Waals surface area contributed by atoms with Gasteiger partial charge in [-0.05, 0) is 41.5 Å². The van der Waals surface area contributed by atoms with Gasteiger partial charge < -0.3 is 18.9 Å². The molecule has 0 heterocycles. The topological polar surface area (TPSA) is 36.9 Å². The highest BCUT2D eigenvalue weighted by Gasteiger charge is 2.40. The number of rotatable bonds is 10. The number of methoxy groups -OCH3 is 1. The third-order valence-corrected chi connectivity index (χ3v) is 6.52. The molecule has 35 heavy (non-hydrogen) atoms. The molecule has 0 bridgehead atoms. The summed E-state index contributed by atoms with van der Waals surface area (Å²) in [5.74, 6) is 0. The third kappa shape index (κ3) is 7.36. The Labute approximate surface area is 209 Å². The first-order chi connectivity index (χ1) is 17.2. The fourth-order valence-electron chi connectivity index (χ4n) is 4.60. The summed E-state index contributed by atoms with van der Waals surface area (Å²) < 4.78 is 25.7. The van der Waals surface area contributed by atoms with Crippen molar-refractivity contribution in [2.45, 2.75) is 63.5 Å². The van der Waals surface area contributed by atoms with Crippen molar-refractivity contribution in [2.75, 3.05) is 7.11 Å². The molecule has 1 saturated carbocycles. The van der Waals surface area contributed by atoms with Crippen molar-refractivity contribution < 1.29 is 18.9 Å². The lowest BCUT2D eigenvalue weighted by Gasteiger charge is -2.40. The zero-order valence-electron chi connectivity index (χ0n) is 20.6. The van der Waals surface area contributed by atoms with Gasteiger partial charge in [0.2, 0.25) is 0 Å². The Bertz CT molecular complexity index is 1010. The van der Waals surface area contributed by atoms with Gasteiger partial charge >= 0.3 is 0 Å². The Morgan fingerprint density at radius 1 is 0.657 bits per heavy atom. The lowest BCUT2D eigenvalue weighted by atomic mass is 9.88. The molecule has 4 heteroatoms. The van der Waals surface area contributed by atoms with Crippen LogP contribution < -0.4 is 0 Å².